The summed E-state index contributed by atoms with van der Waals surface area (Å²) in [7, 11) is 0. The van der Waals surface area contributed by atoms with Crippen molar-refractivity contribution in [2.45, 2.75) is 69.6 Å². The van der Waals surface area contributed by atoms with Crippen molar-refractivity contribution in [3.05, 3.63) is 70.8 Å². The Labute approximate surface area is 200 Å². The fourth-order valence-electron chi connectivity index (χ4n) is 6.59. The van der Waals surface area contributed by atoms with Crippen LogP contribution in [0.25, 0.3) is 0 Å². The van der Waals surface area contributed by atoms with Gasteiger partial charge in [0.05, 0.1) is 0 Å². The lowest BCUT2D eigenvalue weighted by Gasteiger charge is -2.30. The highest BCUT2D eigenvalue weighted by molar-refractivity contribution is 6.05. The number of carbonyl (C=O) groups excluding carboxylic acids is 3. The average molecular weight is 458 g/mol. The Bertz CT molecular complexity index is 1130. The minimum atomic E-state index is -0.554. The largest absolute Gasteiger partial charge is 0.322 e. The van der Waals surface area contributed by atoms with E-state index < -0.39 is 6.04 Å². The number of nitrogens with one attached hydrogen (secondary N) is 1. The van der Waals surface area contributed by atoms with Crippen LogP contribution < -0.4 is 5.32 Å². The number of nitrogens with zero attached hydrogens (tertiary/aromatic N) is 2. The molecule has 3 fully saturated rings. The third-order valence-electron chi connectivity index (χ3n) is 8.34. The molecule has 3 heterocycles. The lowest BCUT2D eigenvalue weighted by atomic mass is 9.87. The van der Waals surface area contributed by atoms with Gasteiger partial charge in [0, 0.05) is 37.7 Å². The molecule has 6 heteroatoms. The third kappa shape index (κ3) is 3.94. The van der Waals surface area contributed by atoms with Gasteiger partial charge in [-0.3, -0.25) is 24.6 Å². The molecule has 3 unspecified atom stereocenters. The summed E-state index contributed by atoms with van der Waals surface area (Å²) in [4.78, 5) is 41.2. The van der Waals surface area contributed by atoms with Gasteiger partial charge in [-0.15, -0.1) is 0 Å². The molecule has 6 rings (SSSR count). The molecule has 0 spiro atoms. The van der Waals surface area contributed by atoms with E-state index in [-0.39, 0.29) is 24.1 Å². The zero-order chi connectivity index (χ0) is 23.2. The molecule has 2 aromatic rings. The van der Waals surface area contributed by atoms with Gasteiger partial charge in [-0.05, 0) is 66.7 Å². The maximum absolute atomic E-state index is 13.0. The van der Waals surface area contributed by atoms with E-state index in [1.54, 1.807) is 4.90 Å². The van der Waals surface area contributed by atoms with E-state index >= 15 is 0 Å². The van der Waals surface area contributed by atoms with Gasteiger partial charge in [0.1, 0.15) is 6.04 Å². The number of likely N-dealkylation sites (tertiary alicyclic amines) is 1. The Kier molecular flexibility index (Phi) is 5.48. The summed E-state index contributed by atoms with van der Waals surface area (Å²) in [6, 6.07) is 17.1. The highest BCUT2D eigenvalue weighted by Gasteiger charge is 2.40. The van der Waals surface area contributed by atoms with Crippen molar-refractivity contribution in [1.82, 2.24) is 15.1 Å². The van der Waals surface area contributed by atoms with Crippen LogP contribution in [0, 0.1) is 5.92 Å². The van der Waals surface area contributed by atoms with Crippen molar-refractivity contribution in [2.75, 3.05) is 6.54 Å². The van der Waals surface area contributed by atoms with Crippen LogP contribution in [0.2, 0.25) is 0 Å². The van der Waals surface area contributed by atoms with Crippen LogP contribution in [0.5, 0.6) is 0 Å². The predicted octanol–water partition coefficient (Wildman–Crippen LogP) is 3.61. The van der Waals surface area contributed by atoms with Crippen molar-refractivity contribution < 1.29 is 14.4 Å². The second-order valence-electron chi connectivity index (χ2n) is 10.5. The fourth-order valence-corrected chi connectivity index (χ4v) is 6.59. The Hall–Kier alpha value is -2.99. The number of hydrogen-bond donors (Lipinski definition) is 1. The van der Waals surface area contributed by atoms with Crippen molar-refractivity contribution >= 4 is 17.7 Å². The molecule has 0 aromatic heterocycles. The molecule has 2 aromatic carbocycles. The summed E-state index contributed by atoms with van der Waals surface area (Å²) in [5.41, 5.74) is 4.43. The van der Waals surface area contributed by atoms with Crippen LogP contribution in [-0.2, 0) is 22.7 Å². The molecular formula is C28H31N3O3. The number of fused-ring (bicyclic) bond motifs is 3. The molecule has 3 aliphatic heterocycles. The number of rotatable bonds is 4. The van der Waals surface area contributed by atoms with E-state index in [9.17, 15) is 14.4 Å². The monoisotopic (exact) mass is 457 g/mol. The molecule has 1 aliphatic carbocycles. The topological polar surface area (TPSA) is 69.7 Å². The zero-order valence-electron chi connectivity index (χ0n) is 19.4. The Morgan fingerprint density at radius 2 is 1.79 bits per heavy atom. The highest BCUT2D eigenvalue weighted by Crippen LogP contribution is 2.42. The van der Waals surface area contributed by atoms with Crippen LogP contribution in [0.3, 0.4) is 0 Å². The molecule has 0 radical (unpaired) electrons. The van der Waals surface area contributed by atoms with Crippen LogP contribution in [-0.4, -0.2) is 46.1 Å². The van der Waals surface area contributed by atoms with Crippen LogP contribution >= 0.6 is 0 Å². The normalized spacial score (nSPS) is 29.2. The van der Waals surface area contributed by atoms with Crippen LogP contribution in [0.1, 0.15) is 71.5 Å². The molecule has 34 heavy (non-hydrogen) atoms. The van der Waals surface area contributed by atoms with Gasteiger partial charge >= 0.3 is 0 Å². The molecular weight excluding hydrogens is 426 g/mol. The molecule has 4 aliphatic rings. The number of hydrogen-bond acceptors (Lipinski definition) is 4. The van der Waals surface area contributed by atoms with E-state index in [1.165, 1.54) is 36.9 Å². The first-order chi connectivity index (χ1) is 16.5. The average Bonchev–Trinajstić information content (AvgIpc) is 3.27. The number of piperidine rings is 1. The SMILES string of the molecule is O=C1CCC(N2Cc3cc(C4CCC5C[C@H](C4)N(Cc4ccccc4)C5)ccc3C2=O)C(=O)N1. The Morgan fingerprint density at radius 3 is 2.62 bits per heavy atom. The van der Waals surface area contributed by atoms with Crippen molar-refractivity contribution in [1.29, 1.82) is 0 Å². The van der Waals surface area contributed by atoms with E-state index in [1.807, 2.05) is 6.07 Å². The van der Waals surface area contributed by atoms with Gasteiger partial charge in [-0.1, -0.05) is 42.5 Å². The molecule has 2 saturated heterocycles. The first-order valence-electron chi connectivity index (χ1n) is 12.6. The Balaban J connectivity index is 1.18. The molecule has 6 nitrogen and oxygen atoms in total. The number of amides is 3. The maximum atomic E-state index is 13.0. The minimum Gasteiger partial charge on any atom is -0.322 e. The lowest BCUT2D eigenvalue weighted by Crippen LogP contribution is -2.52. The van der Waals surface area contributed by atoms with E-state index in [4.69, 9.17) is 0 Å². The van der Waals surface area contributed by atoms with Crippen molar-refractivity contribution in [2.24, 2.45) is 5.92 Å². The molecule has 3 amide bonds. The molecule has 1 N–H and O–H groups in total. The molecule has 2 bridgehead atoms. The van der Waals surface area contributed by atoms with Gasteiger partial charge < -0.3 is 4.90 Å². The maximum Gasteiger partial charge on any atom is 0.255 e. The van der Waals surface area contributed by atoms with Gasteiger partial charge in [0.15, 0.2) is 0 Å². The second-order valence-corrected chi connectivity index (χ2v) is 10.5. The fraction of sp³-hybridized carbons (Fsp3) is 0.464. The number of carbonyl (C=O) groups is 3. The van der Waals surface area contributed by atoms with Gasteiger partial charge in [0.25, 0.3) is 5.91 Å². The quantitative estimate of drug-likeness (QED) is 0.713. The number of imide groups is 1. The summed E-state index contributed by atoms with van der Waals surface area (Å²) in [6.07, 6.45) is 5.59. The van der Waals surface area contributed by atoms with E-state index in [2.05, 4.69) is 52.7 Å². The first-order valence-corrected chi connectivity index (χ1v) is 12.6. The smallest absolute Gasteiger partial charge is 0.255 e. The van der Waals surface area contributed by atoms with Crippen molar-refractivity contribution in [3.63, 3.8) is 0 Å². The molecule has 1 saturated carbocycles. The standard InChI is InChI=1S/C28H31N3O3/c32-26-11-10-25(27(33)29-26)31-17-22-13-20(8-9-24(22)28(31)34)21-7-6-19-12-23(14-21)30(16-19)15-18-4-2-1-3-5-18/h1-5,8-9,13,19,21,23,25H,6-7,10-12,14-17H2,(H,29,32,33)/t19?,21?,23-,25?/m1/s1. The number of benzene rings is 2. The summed E-state index contributed by atoms with van der Waals surface area (Å²) in [5, 5.41) is 2.38. The lowest BCUT2D eigenvalue weighted by molar-refractivity contribution is -0.136. The van der Waals surface area contributed by atoms with Gasteiger partial charge in [-0.25, -0.2) is 0 Å². The summed E-state index contributed by atoms with van der Waals surface area (Å²) < 4.78 is 0. The summed E-state index contributed by atoms with van der Waals surface area (Å²) in [5.74, 6) is 0.578. The van der Waals surface area contributed by atoms with Gasteiger partial charge in [0.2, 0.25) is 11.8 Å². The highest BCUT2D eigenvalue weighted by atomic mass is 16.2. The Morgan fingerprint density at radius 1 is 0.941 bits per heavy atom. The van der Waals surface area contributed by atoms with E-state index in [0.29, 0.717) is 30.5 Å². The minimum absolute atomic E-state index is 0.0926. The van der Waals surface area contributed by atoms with E-state index in [0.717, 1.165) is 24.4 Å². The third-order valence-corrected chi connectivity index (χ3v) is 8.34. The van der Waals surface area contributed by atoms with Crippen molar-refractivity contribution in [3.8, 4) is 0 Å². The molecule has 4 atom stereocenters. The summed E-state index contributed by atoms with van der Waals surface area (Å²) in [6.45, 7) is 2.67. The second kappa shape index (κ2) is 8.66. The predicted molar refractivity (Wildman–Crippen MR) is 128 cm³/mol. The van der Waals surface area contributed by atoms with Gasteiger partial charge in [-0.2, -0.15) is 0 Å². The summed E-state index contributed by atoms with van der Waals surface area (Å²) >= 11 is 0. The molecule has 176 valence electrons. The van der Waals surface area contributed by atoms with Crippen LogP contribution in [0.15, 0.2) is 48.5 Å². The first kappa shape index (κ1) is 21.5. The van der Waals surface area contributed by atoms with Crippen LogP contribution in [0.4, 0.5) is 0 Å². The zero-order valence-corrected chi connectivity index (χ0v) is 19.4.